The van der Waals surface area contributed by atoms with Crippen LogP contribution in [-0.2, 0) is 0 Å². The number of nitrogens with zero attached hydrogens (tertiary/aromatic N) is 2. The van der Waals surface area contributed by atoms with Crippen LogP contribution in [-0.4, -0.2) is 23.0 Å². The number of carbonyl (C=O) groups is 1. The van der Waals surface area contributed by atoms with E-state index in [0.29, 0.717) is 16.6 Å². The van der Waals surface area contributed by atoms with Gasteiger partial charge in [-0.15, -0.1) is 0 Å². The number of pyridine rings is 1. The molecule has 1 N–H and O–H groups in total. The summed E-state index contributed by atoms with van der Waals surface area (Å²) in [4.78, 5) is 16.6. The highest BCUT2D eigenvalue weighted by molar-refractivity contribution is 5.94. The van der Waals surface area contributed by atoms with Crippen LogP contribution >= 0.6 is 0 Å². The Hall–Kier alpha value is -3.46. The van der Waals surface area contributed by atoms with Gasteiger partial charge < -0.3 is 10.1 Å². The van der Waals surface area contributed by atoms with Gasteiger partial charge in [0.05, 0.1) is 17.2 Å². The van der Waals surface area contributed by atoms with E-state index in [0.717, 1.165) is 36.8 Å². The number of rotatable bonds is 4. The maximum absolute atomic E-state index is 13.0. The lowest BCUT2D eigenvalue weighted by Crippen LogP contribution is -2.39. The average Bonchev–Trinajstić information content (AvgIpc) is 2.75. The number of para-hydroxylation sites is 1. The van der Waals surface area contributed by atoms with Gasteiger partial charge in [0.25, 0.3) is 5.91 Å². The zero-order valence-electron chi connectivity index (χ0n) is 15.8. The van der Waals surface area contributed by atoms with Crippen molar-refractivity contribution in [3.8, 4) is 11.8 Å². The summed E-state index contributed by atoms with van der Waals surface area (Å²) in [6.45, 7) is 0. The highest BCUT2D eigenvalue weighted by Gasteiger charge is 2.24. The van der Waals surface area contributed by atoms with Crippen molar-refractivity contribution >= 4 is 16.8 Å². The fraction of sp³-hybridized carbons (Fsp3) is 0.261. The molecular formula is C23H20FN3O2. The predicted molar refractivity (Wildman–Crippen MR) is 107 cm³/mol. The second kappa shape index (κ2) is 8.27. The summed E-state index contributed by atoms with van der Waals surface area (Å²) in [6, 6.07) is 15.1. The van der Waals surface area contributed by atoms with Crippen LogP contribution in [0.15, 0.2) is 54.7 Å². The van der Waals surface area contributed by atoms with E-state index in [1.54, 1.807) is 12.3 Å². The van der Waals surface area contributed by atoms with Crippen molar-refractivity contribution in [2.24, 2.45) is 0 Å². The Morgan fingerprint density at radius 2 is 1.86 bits per heavy atom. The van der Waals surface area contributed by atoms with E-state index < -0.39 is 0 Å². The van der Waals surface area contributed by atoms with Gasteiger partial charge in [-0.25, -0.2) is 4.39 Å². The molecule has 1 amide bonds. The number of hydrogen-bond acceptors (Lipinski definition) is 4. The minimum atomic E-state index is -0.357. The first kappa shape index (κ1) is 18.9. The van der Waals surface area contributed by atoms with Gasteiger partial charge in [-0.05, 0) is 68.1 Å². The molecule has 0 bridgehead atoms. The van der Waals surface area contributed by atoms with Crippen molar-refractivity contribution in [3.63, 3.8) is 0 Å². The predicted octanol–water partition coefficient (Wildman–Crippen LogP) is 4.37. The Bertz CT molecular complexity index is 1070. The van der Waals surface area contributed by atoms with E-state index in [9.17, 15) is 14.4 Å². The van der Waals surface area contributed by atoms with Gasteiger partial charge in [0.1, 0.15) is 17.6 Å². The number of nitrogens with one attached hydrogen (secondary N) is 1. The number of hydrogen-bond donors (Lipinski definition) is 1. The Balaban J connectivity index is 1.37. The third-order valence-electron chi connectivity index (χ3n) is 5.26. The SMILES string of the molecule is N#Cc1cccc2c(O[C@H]3CC[C@H](NC(=O)c4ccc(F)cc4)CC3)ccnc12. The molecule has 5 nitrogen and oxygen atoms in total. The van der Waals surface area contributed by atoms with E-state index in [1.807, 2.05) is 18.2 Å². The highest BCUT2D eigenvalue weighted by atomic mass is 19.1. The minimum Gasteiger partial charge on any atom is -0.490 e. The molecule has 0 radical (unpaired) electrons. The van der Waals surface area contributed by atoms with E-state index in [-0.39, 0.29) is 23.9 Å². The number of ether oxygens (including phenoxy) is 1. The average molecular weight is 389 g/mol. The summed E-state index contributed by atoms with van der Waals surface area (Å²) >= 11 is 0. The van der Waals surface area contributed by atoms with Gasteiger partial charge in [-0.1, -0.05) is 6.07 Å². The molecular weight excluding hydrogens is 369 g/mol. The maximum Gasteiger partial charge on any atom is 0.251 e. The van der Waals surface area contributed by atoms with E-state index in [2.05, 4.69) is 16.4 Å². The van der Waals surface area contributed by atoms with Crippen LogP contribution in [0.1, 0.15) is 41.6 Å². The fourth-order valence-corrected chi connectivity index (χ4v) is 3.72. The molecule has 0 unspecified atom stereocenters. The monoisotopic (exact) mass is 389 g/mol. The standard InChI is InChI=1S/C23H20FN3O2/c24-17-6-4-15(5-7-17)23(28)27-18-8-10-19(11-9-18)29-21-12-13-26-22-16(14-25)2-1-3-20(21)22/h1-7,12-13,18-19H,8-11H2,(H,27,28)/t18-,19-. The Labute approximate surface area is 168 Å². The van der Waals surface area contributed by atoms with Crippen LogP contribution < -0.4 is 10.1 Å². The second-order valence-corrected chi connectivity index (χ2v) is 7.19. The third kappa shape index (κ3) is 4.19. The number of fused-ring (bicyclic) bond motifs is 1. The molecule has 3 aromatic rings. The molecule has 2 aromatic carbocycles. The molecule has 1 aliphatic carbocycles. The number of nitriles is 1. The molecule has 1 aliphatic rings. The fourth-order valence-electron chi connectivity index (χ4n) is 3.72. The molecule has 146 valence electrons. The summed E-state index contributed by atoms with van der Waals surface area (Å²) in [7, 11) is 0. The summed E-state index contributed by atoms with van der Waals surface area (Å²) < 4.78 is 19.2. The van der Waals surface area contributed by atoms with Crippen LogP contribution in [0.25, 0.3) is 10.9 Å². The smallest absolute Gasteiger partial charge is 0.251 e. The van der Waals surface area contributed by atoms with Crippen molar-refractivity contribution in [2.45, 2.75) is 37.8 Å². The van der Waals surface area contributed by atoms with Crippen LogP contribution in [0.2, 0.25) is 0 Å². The van der Waals surface area contributed by atoms with Crippen molar-refractivity contribution in [1.29, 1.82) is 5.26 Å². The van der Waals surface area contributed by atoms with Crippen LogP contribution in [0.4, 0.5) is 4.39 Å². The molecule has 4 rings (SSSR count). The van der Waals surface area contributed by atoms with Gasteiger partial charge in [-0.2, -0.15) is 5.26 Å². The summed E-state index contributed by atoms with van der Waals surface area (Å²) in [6.07, 6.45) is 4.96. The van der Waals surface area contributed by atoms with Crippen molar-refractivity contribution in [2.75, 3.05) is 0 Å². The number of halogens is 1. The maximum atomic E-state index is 13.0. The summed E-state index contributed by atoms with van der Waals surface area (Å²) in [5.74, 6) is 0.189. The lowest BCUT2D eigenvalue weighted by molar-refractivity contribution is 0.0895. The second-order valence-electron chi connectivity index (χ2n) is 7.19. The quantitative estimate of drug-likeness (QED) is 0.719. The molecule has 0 atom stereocenters. The molecule has 1 saturated carbocycles. The van der Waals surface area contributed by atoms with E-state index in [1.165, 1.54) is 24.3 Å². The summed E-state index contributed by atoms with van der Waals surface area (Å²) in [5.41, 5.74) is 1.63. The number of benzene rings is 2. The highest BCUT2D eigenvalue weighted by Crippen LogP contribution is 2.30. The molecule has 29 heavy (non-hydrogen) atoms. The number of amides is 1. The largest absolute Gasteiger partial charge is 0.490 e. The Morgan fingerprint density at radius 3 is 2.59 bits per heavy atom. The van der Waals surface area contributed by atoms with Gasteiger partial charge in [-0.3, -0.25) is 9.78 Å². The molecule has 1 heterocycles. The zero-order chi connectivity index (χ0) is 20.2. The first-order chi connectivity index (χ1) is 14.1. The molecule has 0 spiro atoms. The first-order valence-corrected chi connectivity index (χ1v) is 9.65. The van der Waals surface area contributed by atoms with Crippen molar-refractivity contribution in [3.05, 3.63) is 71.7 Å². The van der Waals surface area contributed by atoms with Crippen molar-refractivity contribution < 1.29 is 13.9 Å². The van der Waals surface area contributed by atoms with Crippen LogP contribution in [0.3, 0.4) is 0 Å². The molecule has 0 saturated heterocycles. The molecule has 0 aliphatic heterocycles. The third-order valence-corrected chi connectivity index (χ3v) is 5.26. The normalized spacial score (nSPS) is 18.8. The van der Waals surface area contributed by atoms with Gasteiger partial charge in [0.15, 0.2) is 0 Å². The topological polar surface area (TPSA) is 75.0 Å². The Morgan fingerprint density at radius 1 is 1.10 bits per heavy atom. The summed E-state index contributed by atoms with van der Waals surface area (Å²) in [5, 5.41) is 13.1. The van der Waals surface area contributed by atoms with Gasteiger partial charge in [0, 0.05) is 23.2 Å². The van der Waals surface area contributed by atoms with E-state index >= 15 is 0 Å². The molecule has 1 aromatic heterocycles. The van der Waals surface area contributed by atoms with Crippen LogP contribution in [0.5, 0.6) is 5.75 Å². The first-order valence-electron chi connectivity index (χ1n) is 9.65. The minimum absolute atomic E-state index is 0.0466. The molecule has 6 heteroatoms. The number of aromatic nitrogens is 1. The Kier molecular flexibility index (Phi) is 5.39. The van der Waals surface area contributed by atoms with Crippen LogP contribution in [0, 0.1) is 17.1 Å². The number of carbonyl (C=O) groups excluding carboxylic acids is 1. The van der Waals surface area contributed by atoms with Gasteiger partial charge >= 0.3 is 0 Å². The molecule has 1 fully saturated rings. The van der Waals surface area contributed by atoms with E-state index in [4.69, 9.17) is 4.74 Å². The lowest BCUT2D eigenvalue weighted by atomic mass is 9.92. The zero-order valence-corrected chi connectivity index (χ0v) is 15.8. The lowest BCUT2D eigenvalue weighted by Gasteiger charge is -2.29. The van der Waals surface area contributed by atoms with Crippen molar-refractivity contribution in [1.82, 2.24) is 10.3 Å². The van der Waals surface area contributed by atoms with Gasteiger partial charge in [0.2, 0.25) is 0 Å².